The lowest BCUT2D eigenvalue weighted by molar-refractivity contribution is -0.0370. The molecule has 0 aromatic carbocycles. The maximum absolute atomic E-state index is 5.83. The van der Waals surface area contributed by atoms with E-state index in [1.165, 1.54) is 6.20 Å². The van der Waals surface area contributed by atoms with Crippen LogP contribution in [0.1, 0.15) is 25.5 Å². The van der Waals surface area contributed by atoms with Crippen LogP contribution in [0.5, 0.6) is 0 Å². The zero-order chi connectivity index (χ0) is 11.0. The van der Waals surface area contributed by atoms with Crippen LogP contribution < -0.4 is 0 Å². The van der Waals surface area contributed by atoms with Crippen LogP contribution >= 0.6 is 11.6 Å². The number of hydrogen-bond donors (Lipinski definition) is 0. The van der Waals surface area contributed by atoms with Gasteiger partial charge >= 0.3 is 0 Å². The zero-order valence-corrected chi connectivity index (χ0v) is 9.39. The molecule has 1 aliphatic rings. The Labute approximate surface area is 97.4 Å². The lowest BCUT2D eigenvalue weighted by Gasteiger charge is -2.22. The van der Waals surface area contributed by atoms with Gasteiger partial charge in [0.1, 0.15) is 10.7 Å². The maximum atomic E-state index is 5.83. The lowest BCUT2D eigenvalue weighted by Crippen LogP contribution is -2.19. The topological polar surface area (TPSA) is 52.8 Å². The molecule has 3 rings (SSSR count). The van der Waals surface area contributed by atoms with E-state index >= 15 is 0 Å². The van der Waals surface area contributed by atoms with Gasteiger partial charge in [-0.25, -0.2) is 14.6 Å². The number of aromatic nitrogens is 4. The van der Waals surface area contributed by atoms with Crippen LogP contribution in [0.25, 0.3) is 11.2 Å². The summed E-state index contributed by atoms with van der Waals surface area (Å²) in [6, 6.07) is 0. The molecule has 0 bridgehead atoms. The van der Waals surface area contributed by atoms with Gasteiger partial charge < -0.3 is 4.74 Å². The van der Waals surface area contributed by atoms with E-state index in [9.17, 15) is 0 Å². The third kappa shape index (κ3) is 1.66. The van der Waals surface area contributed by atoms with Crippen LogP contribution in [-0.4, -0.2) is 26.4 Å². The molecule has 0 aliphatic carbocycles. The molecule has 1 saturated heterocycles. The minimum atomic E-state index is -0.0287. The van der Waals surface area contributed by atoms with Gasteiger partial charge in [0.2, 0.25) is 0 Å². The Bertz CT molecular complexity index is 506. The second kappa shape index (κ2) is 3.99. The molecule has 0 radical (unpaired) electrons. The molecule has 6 heteroatoms. The van der Waals surface area contributed by atoms with Crippen LogP contribution in [0.2, 0.25) is 5.15 Å². The highest BCUT2D eigenvalue weighted by atomic mass is 35.5. The summed E-state index contributed by atoms with van der Waals surface area (Å²) in [6.45, 7) is 0.778. The lowest BCUT2D eigenvalue weighted by atomic mass is 10.2. The van der Waals surface area contributed by atoms with Gasteiger partial charge in [-0.05, 0) is 19.3 Å². The van der Waals surface area contributed by atoms with Crippen LogP contribution in [-0.2, 0) is 4.74 Å². The van der Waals surface area contributed by atoms with Gasteiger partial charge in [0.05, 0.1) is 12.4 Å². The summed E-state index contributed by atoms with van der Waals surface area (Å²) in [6.07, 6.45) is 6.42. The van der Waals surface area contributed by atoms with E-state index in [0.717, 1.165) is 31.4 Å². The number of halogens is 1. The van der Waals surface area contributed by atoms with Crippen molar-refractivity contribution in [2.75, 3.05) is 6.61 Å². The quantitative estimate of drug-likeness (QED) is 0.764. The number of fused-ring (bicyclic) bond motifs is 1. The molecule has 0 amide bonds. The van der Waals surface area contributed by atoms with Crippen molar-refractivity contribution >= 4 is 22.8 Å². The zero-order valence-electron chi connectivity index (χ0n) is 8.64. The van der Waals surface area contributed by atoms with E-state index in [1.807, 2.05) is 0 Å². The first-order chi connectivity index (χ1) is 7.84. The fraction of sp³-hybridized carbons (Fsp3) is 0.500. The molecule has 3 heterocycles. The predicted molar refractivity (Wildman–Crippen MR) is 59.2 cm³/mol. The monoisotopic (exact) mass is 238 g/mol. The molecule has 0 saturated carbocycles. The fourth-order valence-corrected chi connectivity index (χ4v) is 2.06. The highest BCUT2D eigenvalue weighted by molar-refractivity contribution is 6.29. The maximum Gasteiger partial charge on any atom is 0.180 e. The summed E-state index contributed by atoms with van der Waals surface area (Å²) in [5.74, 6) is 0. The van der Waals surface area contributed by atoms with Crippen molar-refractivity contribution in [1.29, 1.82) is 0 Å². The molecule has 0 N–H and O–H groups in total. The van der Waals surface area contributed by atoms with Crippen molar-refractivity contribution in [2.24, 2.45) is 0 Å². The number of hydrogen-bond acceptors (Lipinski definition) is 4. The first kappa shape index (κ1) is 9.99. The van der Waals surface area contributed by atoms with Crippen molar-refractivity contribution in [3.05, 3.63) is 17.5 Å². The Morgan fingerprint density at radius 3 is 3.12 bits per heavy atom. The van der Waals surface area contributed by atoms with Crippen molar-refractivity contribution in [3.63, 3.8) is 0 Å². The van der Waals surface area contributed by atoms with Crippen molar-refractivity contribution in [3.8, 4) is 0 Å². The third-order valence-electron chi connectivity index (χ3n) is 2.70. The van der Waals surface area contributed by atoms with E-state index in [-0.39, 0.29) is 6.23 Å². The van der Waals surface area contributed by atoms with Gasteiger partial charge in [-0.3, -0.25) is 0 Å². The fourth-order valence-electron chi connectivity index (χ4n) is 1.93. The van der Waals surface area contributed by atoms with E-state index < -0.39 is 0 Å². The molecule has 0 spiro atoms. The smallest absolute Gasteiger partial charge is 0.180 e. The highest BCUT2D eigenvalue weighted by Crippen LogP contribution is 2.24. The summed E-state index contributed by atoms with van der Waals surface area (Å²) in [4.78, 5) is 8.40. The second-order valence-corrected chi connectivity index (χ2v) is 4.20. The Balaban J connectivity index is 2.05. The van der Waals surface area contributed by atoms with Crippen molar-refractivity contribution in [2.45, 2.75) is 25.5 Å². The average molecular weight is 239 g/mol. The molecule has 2 aromatic heterocycles. The molecule has 1 fully saturated rings. The summed E-state index contributed by atoms with van der Waals surface area (Å²) in [7, 11) is 0. The van der Waals surface area contributed by atoms with Gasteiger partial charge in [-0.1, -0.05) is 11.6 Å². The Kier molecular flexibility index (Phi) is 2.49. The SMILES string of the molecule is Clc1cnc2cnn(C3CCCCO3)c2n1. The summed E-state index contributed by atoms with van der Waals surface area (Å²) >= 11 is 5.83. The molecule has 1 unspecified atom stereocenters. The molecule has 1 aliphatic heterocycles. The average Bonchev–Trinajstić information content (AvgIpc) is 2.73. The predicted octanol–water partition coefficient (Wildman–Crippen LogP) is 2.18. The van der Waals surface area contributed by atoms with E-state index in [2.05, 4.69) is 15.1 Å². The third-order valence-corrected chi connectivity index (χ3v) is 2.88. The first-order valence-corrected chi connectivity index (χ1v) is 5.70. The Morgan fingerprint density at radius 2 is 2.31 bits per heavy atom. The minimum absolute atomic E-state index is 0.0287. The van der Waals surface area contributed by atoms with Crippen LogP contribution in [0.15, 0.2) is 12.4 Å². The first-order valence-electron chi connectivity index (χ1n) is 5.32. The highest BCUT2D eigenvalue weighted by Gasteiger charge is 2.19. The van der Waals surface area contributed by atoms with Crippen molar-refractivity contribution < 1.29 is 4.74 Å². The molecule has 5 nitrogen and oxygen atoms in total. The van der Waals surface area contributed by atoms with Gasteiger partial charge in [-0.15, -0.1) is 0 Å². The second-order valence-electron chi connectivity index (χ2n) is 3.81. The largest absolute Gasteiger partial charge is 0.356 e. The standard InChI is InChI=1S/C10H11ClN4O/c11-8-6-12-7-5-13-15(10(7)14-8)9-3-1-2-4-16-9/h5-6,9H,1-4H2. The number of nitrogens with zero attached hydrogens (tertiary/aromatic N) is 4. The molecule has 1 atom stereocenters. The van der Waals surface area contributed by atoms with Gasteiger partial charge in [0, 0.05) is 6.61 Å². The van der Waals surface area contributed by atoms with Gasteiger partial charge in [0.15, 0.2) is 11.9 Å². The van der Waals surface area contributed by atoms with Crippen molar-refractivity contribution in [1.82, 2.24) is 19.7 Å². The van der Waals surface area contributed by atoms with E-state index in [4.69, 9.17) is 16.3 Å². The summed E-state index contributed by atoms with van der Waals surface area (Å²) < 4.78 is 7.43. The molecular formula is C10H11ClN4O. The van der Waals surface area contributed by atoms with E-state index in [0.29, 0.717) is 10.8 Å². The minimum Gasteiger partial charge on any atom is -0.356 e. The van der Waals surface area contributed by atoms with Crippen LogP contribution in [0.3, 0.4) is 0 Å². The van der Waals surface area contributed by atoms with Gasteiger partial charge in [0.25, 0.3) is 0 Å². The number of rotatable bonds is 1. The van der Waals surface area contributed by atoms with Gasteiger partial charge in [-0.2, -0.15) is 5.10 Å². The molecule has 2 aromatic rings. The van der Waals surface area contributed by atoms with Crippen LogP contribution in [0, 0.1) is 0 Å². The molecule has 16 heavy (non-hydrogen) atoms. The van der Waals surface area contributed by atoms with E-state index in [1.54, 1.807) is 10.9 Å². The summed E-state index contributed by atoms with van der Waals surface area (Å²) in [5, 5.41) is 4.65. The Hall–Kier alpha value is -1.20. The summed E-state index contributed by atoms with van der Waals surface area (Å²) in [5.41, 5.74) is 1.44. The normalized spacial score (nSPS) is 21.4. The Morgan fingerprint density at radius 1 is 1.38 bits per heavy atom. The molecular weight excluding hydrogens is 228 g/mol. The number of ether oxygens (including phenoxy) is 1. The van der Waals surface area contributed by atoms with Crippen LogP contribution in [0.4, 0.5) is 0 Å². The molecule has 84 valence electrons.